The Morgan fingerprint density at radius 1 is 1.00 bits per heavy atom. The van der Waals surface area contributed by atoms with Crippen LogP contribution in [0.15, 0.2) is 47.7 Å². The van der Waals surface area contributed by atoms with E-state index in [1.165, 1.54) is 50.5 Å². The lowest BCUT2D eigenvalue weighted by Gasteiger charge is -2.35. The molecular formula is C23H27ClN4. The zero-order valence-electron chi connectivity index (χ0n) is 16.1. The molecule has 0 saturated heterocycles. The summed E-state index contributed by atoms with van der Waals surface area (Å²) in [5, 5.41) is 0.659. The van der Waals surface area contributed by atoms with Crippen LogP contribution in [0.5, 0.6) is 0 Å². The van der Waals surface area contributed by atoms with E-state index in [0.717, 1.165) is 23.6 Å². The summed E-state index contributed by atoms with van der Waals surface area (Å²) < 4.78 is 0. The van der Waals surface area contributed by atoms with Crippen LogP contribution >= 0.6 is 11.6 Å². The maximum Gasteiger partial charge on any atom is 0.192 e. The molecule has 1 aliphatic heterocycles. The van der Waals surface area contributed by atoms with Crippen molar-refractivity contribution in [2.75, 3.05) is 6.54 Å². The van der Waals surface area contributed by atoms with Gasteiger partial charge in [-0.3, -0.25) is 4.98 Å². The molecule has 5 rings (SSSR count). The van der Waals surface area contributed by atoms with Crippen molar-refractivity contribution in [1.29, 1.82) is 0 Å². The van der Waals surface area contributed by atoms with Crippen LogP contribution < -0.4 is 5.73 Å². The number of halogens is 1. The molecule has 1 atom stereocenters. The van der Waals surface area contributed by atoms with Gasteiger partial charge in [0, 0.05) is 24.0 Å². The lowest BCUT2D eigenvalue weighted by molar-refractivity contribution is 0.214. The number of nitrogens with two attached hydrogens (primary N) is 1. The average Bonchev–Trinajstić information content (AvgIpc) is 3.52. The van der Waals surface area contributed by atoms with Crippen molar-refractivity contribution in [2.24, 2.45) is 16.6 Å². The fourth-order valence-corrected chi connectivity index (χ4v) is 5.24. The molecule has 2 saturated carbocycles. The van der Waals surface area contributed by atoms with Gasteiger partial charge >= 0.3 is 0 Å². The number of benzene rings is 1. The van der Waals surface area contributed by atoms with Gasteiger partial charge in [0.25, 0.3) is 0 Å². The first-order valence-electron chi connectivity index (χ1n) is 10.5. The largest absolute Gasteiger partial charge is 0.370 e. The molecule has 2 N–H and O–H groups in total. The van der Waals surface area contributed by atoms with E-state index in [1.807, 2.05) is 12.3 Å². The zero-order chi connectivity index (χ0) is 19.1. The molecular weight excluding hydrogens is 368 g/mol. The van der Waals surface area contributed by atoms with E-state index in [1.54, 1.807) is 6.20 Å². The van der Waals surface area contributed by atoms with Gasteiger partial charge in [-0.2, -0.15) is 0 Å². The van der Waals surface area contributed by atoms with Gasteiger partial charge in [0.1, 0.15) is 5.54 Å². The highest BCUT2D eigenvalue weighted by Gasteiger charge is 2.52. The lowest BCUT2D eigenvalue weighted by Crippen LogP contribution is -2.45. The highest BCUT2D eigenvalue weighted by Crippen LogP contribution is 2.52. The van der Waals surface area contributed by atoms with Crippen LogP contribution in [0.3, 0.4) is 0 Å². The fraction of sp³-hybridized carbons (Fsp3) is 0.478. The predicted molar refractivity (Wildman–Crippen MR) is 114 cm³/mol. The molecule has 2 fully saturated rings. The number of hydrogen-bond acceptors (Lipinski definition) is 4. The molecule has 3 aliphatic rings. The Labute approximate surface area is 171 Å². The molecule has 0 bridgehead atoms. The third-order valence-corrected chi connectivity index (χ3v) is 6.90. The van der Waals surface area contributed by atoms with E-state index in [0.29, 0.717) is 17.0 Å². The second-order valence-electron chi connectivity index (χ2n) is 8.56. The minimum absolute atomic E-state index is 0.205. The molecule has 5 heteroatoms. The van der Waals surface area contributed by atoms with Crippen molar-refractivity contribution < 1.29 is 0 Å². The SMILES string of the molecule is NC1=NC(c2cccc(-c3cncc(Cl)c3)c2)(C2CC2)CN1C1CCCCC1. The number of nitrogens with zero attached hydrogens (tertiary/aromatic N) is 3. The molecule has 1 unspecified atom stereocenters. The summed E-state index contributed by atoms with van der Waals surface area (Å²) in [6.45, 7) is 0.922. The number of pyridine rings is 1. The van der Waals surface area contributed by atoms with Crippen LogP contribution in [-0.2, 0) is 5.54 Å². The second-order valence-corrected chi connectivity index (χ2v) is 9.00. The van der Waals surface area contributed by atoms with Gasteiger partial charge in [-0.25, -0.2) is 4.99 Å². The zero-order valence-corrected chi connectivity index (χ0v) is 16.9. The van der Waals surface area contributed by atoms with E-state index in [4.69, 9.17) is 22.3 Å². The average molecular weight is 395 g/mol. The molecule has 146 valence electrons. The first-order valence-corrected chi connectivity index (χ1v) is 10.9. The summed E-state index contributed by atoms with van der Waals surface area (Å²) in [7, 11) is 0. The molecule has 1 aromatic carbocycles. The van der Waals surface area contributed by atoms with Crippen molar-refractivity contribution >= 4 is 17.6 Å². The summed E-state index contributed by atoms with van der Waals surface area (Å²) in [4.78, 5) is 11.8. The lowest BCUT2D eigenvalue weighted by atomic mass is 9.83. The van der Waals surface area contributed by atoms with Gasteiger partial charge in [0.2, 0.25) is 0 Å². The smallest absolute Gasteiger partial charge is 0.192 e. The van der Waals surface area contributed by atoms with Crippen LogP contribution in [0.2, 0.25) is 5.02 Å². The molecule has 28 heavy (non-hydrogen) atoms. The Morgan fingerprint density at radius 3 is 2.57 bits per heavy atom. The highest BCUT2D eigenvalue weighted by molar-refractivity contribution is 6.30. The van der Waals surface area contributed by atoms with Crippen LogP contribution in [0, 0.1) is 5.92 Å². The van der Waals surface area contributed by atoms with Crippen molar-refractivity contribution in [3.05, 3.63) is 53.3 Å². The Hall–Kier alpha value is -2.07. The van der Waals surface area contributed by atoms with E-state index in [2.05, 4.69) is 34.1 Å². The molecule has 0 spiro atoms. The Kier molecular flexibility index (Phi) is 4.54. The Bertz CT molecular complexity index is 901. The minimum Gasteiger partial charge on any atom is -0.370 e. The van der Waals surface area contributed by atoms with Gasteiger partial charge in [-0.1, -0.05) is 49.1 Å². The van der Waals surface area contributed by atoms with Crippen molar-refractivity contribution in [2.45, 2.75) is 56.5 Å². The fourth-order valence-electron chi connectivity index (χ4n) is 5.06. The van der Waals surface area contributed by atoms with Gasteiger partial charge in [0.05, 0.1) is 11.6 Å². The molecule has 2 aliphatic carbocycles. The first kappa shape index (κ1) is 18.0. The van der Waals surface area contributed by atoms with Crippen LogP contribution in [0.25, 0.3) is 11.1 Å². The molecule has 1 aromatic heterocycles. The quantitative estimate of drug-likeness (QED) is 0.796. The van der Waals surface area contributed by atoms with Gasteiger partial charge in [-0.15, -0.1) is 0 Å². The van der Waals surface area contributed by atoms with Gasteiger partial charge in [-0.05, 0) is 54.9 Å². The van der Waals surface area contributed by atoms with E-state index in [-0.39, 0.29) is 5.54 Å². The normalized spacial score (nSPS) is 25.8. The Balaban J connectivity index is 1.50. The summed E-state index contributed by atoms with van der Waals surface area (Å²) >= 11 is 6.17. The predicted octanol–water partition coefficient (Wildman–Crippen LogP) is 4.97. The second kappa shape index (κ2) is 7.07. The standard InChI is InChI=1S/C23H27ClN4/c24-20-12-17(13-26-14-20)16-5-4-6-19(11-16)23(18-9-10-18)15-28(22(25)27-23)21-7-2-1-3-8-21/h4-6,11-14,18,21H,1-3,7-10,15H2,(H2,25,27). The van der Waals surface area contributed by atoms with E-state index >= 15 is 0 Å². The number of aromatic nitrogens is 1. The van der Waals surface area contributed by atoms with Crippen molar-refractivity contribution in [3.63, 3.8) is 0 Å². The van der Waals surface area contributed by atoms with Gasteiger partial charge in [0.15, 0.2) is 5.96 Å². The summed E-state index contributed by atoms with van der Waals surface area (Å²) in [5.41, 5.74) is 9.75. The highest BCUT2D eigenvalue weighted by atomic mass is 35.5. The number of rotatable bonds is 4. The molecule has 4 nitrogen and oxygen atoms in total. The number of aliphatic imine (C=N–C) groups is 1. The maximum atomic E-state index is 6.51. The maximum absolute atomic E-state index is 6.51. The van der Waals surface area contributed by atoms with Crippen LogP contribution in [0.4, 0.5) is 0 Å². The van der Waals surface area contributed by atoms with E-state index in [9.17, 15) is 0 Å². The van der Waals surface area contributed by atoms with Crippen LogP contribution in [0.1, 0.15) is 50.5 Å². The molecule has 0 radical (unpaired) electrons. The molecule has 2 aromatic rings. The monoisotopic (exact) mass is 394 g/mol. The summed E-state index contributed by atoms with van der Waals surface area (Å²) in [6, 6.07) is 11.3. The Morgan fingerprint density at radius 2 is 1.82 bits per heavy atom. The first-order chi connectivity index (χ1) is 13.7. The van der Waals surface area contributed by atoms with Crippen molar-refractivity contribution in [1.82, 2.24) is 9.88 Å². The third kappa shape index (κ3) is 3.18. The molecule has 2 heterocycles. The topological polar surface area (TPSA) is 54.5 Å². The third-order valence-electron chi connectivity index (χ3n) is 6.69. The van der Waals surface area contributed by atoms with E-state index < -0.39 is 0 Å². The minimum atomic E-state index is -0.205. The van der Waals surface area contributed by atoms with Crippen molar-refractivity contribution in [3.8, 4) is 11.1 Å². The summed E-state index contributed by atoms with van der Waals surface area (Å²) in [6.07, 6.45) is 12.5. The van der Waals surface area contributed by atoms with Gasteiger partial charge < -0.3 is 10.6 Å². The number of hydrogen-bond donors (Lipinski definition) is 1. The summed E-state index contributed by atoms with van der Waals surface area (Å²) in [5.74, 6) is 1.33. The van der Waals surface area contributed by atoms with Crippen LogP contribution in [-0.4, -0.2) is 28.4 Å². The molecule has 0 amide bonds. The number of guanidine groups is 1.